The molecule has 0 unspecified atom stereocenters. The first-order chi connectivity index (χ1) is 14.3. The summed E-state index contributed by atoms with van der Waals surface area (Å²) in [6, 6.07) is 11.0. The predicted molar refractivity (Wildman–Crippen MR) is 129 cm³/mol. The van der Waals surface area contributed by atoms with E-state index >= 15 is 0 Å². The molecule has 2 aliphatic heterocycles. The second-order valence-corrected chi connectivity index (χ2v) is 9.17. The van der Waals surface area contributed by atoms with E-state index in [1.165, 1.54) is 44.2 Å². The van der Waals surface area contributed by atoms with Gasteiger partial charge in [-0.3, -0.25) is 14.7 Å². The summed E-state index contributed by atoms with van der Waals surface area (Å²) in [7, 11) is 0. The molecular weight excluding hydrogens is 431 g/mol. The highest BCUT2D eigenvalue weighted by molar-refractivity contribution is 5.85. The molecular formula is C24H34Cl2N4O. The number of fused-ring (bicyclic) bond motifs is 4. The van der Waals surface area contributed by atoms with Crippen molar-refractivity contribution in [2.45, 2.75) is 70.1 Å². The van der Waals surface area contributed by atoms with Crippen LogP contribution in [0.15, 0.2) is 41.3 Å². The molecule has 1 N–H and O–H groups in total. The quantitative estimate of drug-likeness (QED) is 0.722. The van der Waals surface area contributed by atoms with Gasteiger partial charge in [-0.05, 0) is 49.9 Å². The fraction of sp³-hybridized carbons (Fsp3) is 0.583. The van der Waals surface area contributed by atoms with Crippen molar-refractivity contribution in [2.75, 3.05) is 13.1 Å². The Bertz CT molecular complexity index is 898. The van der Waals surface area contributed by atoms with Crippen molar-refractivity contribution in [2.24, 2.45) is 5.92 Å². The maximum absolute atomic E-state index is 13.4. The number of hydrogen-bond donors (Lipinski definition) is 1. The number of halogens is 2. The number of hydrogen-bond acceptors (Lipinski definition) is 4. The molecule has 7 heteroatoms. The average molecular weight is 465 g/mol. The molecule has 0 aromatic carbocycles. The molecule has 5 nitrogen and oxygen atoms in total. The lowest BCUT2D eigenvalue weighted by molar-refractivity contribution is 0.137. The smallest absolute Gasteiger partial charge is 0.255 e. The molecule has 1 saturated carbocycles. The summed E-state index contributed by atoms with van der Waals surface area (Å²) < 4.78 is 2.09. The van der Waals surface area contributed by atoms with Gasteiger partial charge in [0.2, 0.25) is 0 Å². The monoisotopic (exact) mass is 464 g/mol. The summed E-state index contributed by atoms with van der Waals surface area (Å²) in [6.07, 6.45) is 9.48. The van der Waals surface area contributed by atoms with Crippen molar-refractivity contribution in [3.63, 3.8) is 0 Å². The van der Waals surface area contributed by atoms with E-state index in [4.69, 9.17) is 0 Å². The van der Waals surface area contributed by atoms with E-state index in [1.807, 2.05) is 12.3 Å². The molecule has 2 atom stereocenters. The molecule has 3 aliphatic rings. The minimum atomic E-state index is 0. The van der Waals surface area contributed by atoms with Crippen LogP contribution in [0.5, 0.6) is 0 Å². The van der Waals surface area contributed by atoms with E-state index in [9.17, 15) is 4.79 Å². The van der Waals surface area contributed by atoms with Gasteiger partial charge in [0.25, 0.3) is 5.56 Å². The third-order valence-corrected chi connectivity index (χ3v) is 7.14. The van der Waals surface area contributed by atoms with Gasteiger partial charge < -0.3 is 9.88 Å². The molecule has 2 aromatic rings. The lowest BCUT2D eigenvalue weighted by Gasteiger charge is -2.38. The molecule has 0 radical (unpaired) electrons. The Kier molecular flexibility index (Phi) is 8.57. The van der Waals surface area contributed by atoms with Crippen LogP contribution in [0, 0.1) is 5.92 Å². The highest BCUT2D eigenvalue weighted by Gasteiger charge is 2.31. The first kappa shape index (κ1) is 24.2. The summed E-state index contributed by atoms with van der Waals surface area (Å²) in [5.41, 5.74) is 3.51. The van der Waals surface area contributed by atoms with Crippen LogP contribution in [0.1, 0.15) is 61.4 Å². The van der Waals surface area contributed by atoms with Crippen molar-refractivity contribution in [1.29, 1.82) is 0 Å². The van der Waals surface area contributed by atoms with Crippen LogP contribution in [0.2, 0.25) is 0 Å². The average Bonchev–Trinajstić information content (AvgIpc) is 2.77. The summed E-state index contributed by atoms with van der Waals surface area (Å²) in [6.45, 7) is 4.47. The topological polar surface area (TPSA) is 50.2 Å². The number of aromatic nitrogens is 2. The SMILES string of the molecule is Cl.Cl.O=c1c(CN(Cc2ccccn2)C2CCCCC2)ccc2n1C[C@@H]1CNC[C@H]2C1. The van der Waals surface area contributed by atoms with Gasteiger partial charge in [-0.25, -0.2) is 0 Å². The summed E-state index contributed by atoms with van der Waals surface area (Å²) in [5, 5.41) is 3.53. The lowest BCUT2D eigenvalue weighted by Crippen LogP contribution is -2.46. The van der Waals surface area contributed by atoms with Crippen LogP contribution in [0.4, 0.5) is 0 Å². The largest absolute Gasteiger partial charge is 0.316 e. The molecule has 31 heavy (non-hydrogen) atoms. The van der Waals surface area contributed by atoms with Crippen molar-refractivity contribution < 1.29 is 0 Å². The Morgan fingerprint density at radius 2 is 1.87 bits per heavy atom. The molecule has 0 amide bonds. The molecule has 4 heterocycles. The van der Waals surface area contributed by atoms with Gasteiger partial charge in [0.05, 0.1) is 5.69 Å². The Balaban J connectivity index is 0.00000136. The van der Waals surface area contributed by atoms with E-state index < -0.39 is 0 Å². The van der Waals surface area contributed by atoms with Crippen LogP contribution in [-0.2, 0) is 19.6 Å². The van der Waals surface area contributed by atoms with Crippen LogP contribution in [-0.4, -0.2) is 33.6 Å². The number of rotatable bonds is 5. The second-order valence-electron chi connectivity index (χ2n) is 9.17. The van der Waals surface area contributed by atoms with E-state index in [-0.39, 0.29) is 30.4 Å². The van der Waals surface area contributed by atoms with Crippen LogP contribution >= 0.6 is 24.8 Å². The van der Waals surface area contributed by atoms with E-state index in [2.05, 4.69) is 44.0 Å². The molecule has 1 aliphatic carbocycles. The minimum Gasteiger partial charge on any atom is -0.316 e. The highest BCUT2D eigenvalue weighted by atomic mass is 35.5. The van der Waals surface area contributed by atoms with Gasteiger partial charge in [-0.1, -0.05) is 31.4 Å². The number of pyridine rings is 2. The van der Waals surface area contributed by atoms with Crippen molar-refractivity contribution in [3.8, 4) is 0 Å². The molecule has 2 fully saturated rings. The summed E-state index contributed by atoms with van der Waals surface area (Å²) in [4.78, 5) is 20.5. The van der Waals surface area contributed by atoms with Crippen molar-refractivity contribution in [3.05, 3.63) is 63.8 Å². The predicted octanol–water partition coefficient (Wildman–Crippen LogP) is 4.13. The molecule has 2 bridgehead atoms. The van der Waals surface area contributed by atoms with E-state index in [0.717, 1.165) is 44.0 Å². The zero-order valence-electron chi connectivity index (χ0n) is 18.0. The van der Waals surface area contributed by atoms with Gasteiger partial charge in [-0.2, -0.15) is 0 Å². The molecule has 170 valence electrons. The summed E-state index contributed by atoms with van der Waals surface area (Å²) >= 11 is 0. The number of nitrogens with one attached hydrogen (secondary N) is 1. The molecule has 2 aromatic heterocycles. The van der Waals surface area contributed by atoms with Gasteiger partial charge >= 0.3 is 0 Å². The molecule has 5 rings (SSSR count). The van der Waals surface area contributed by atoms with Crippen LogP contribution in [0.25, 0.3) is 0 Å². The zero-order chi connectivity index (χ0) is 19.6. The first-order valence-electron chi connectivity index (χ1n) is 11.4. The molecule has 0 spiro atoms. The Hall–Kier alpha value is -1.40. The van der Waals surface area contributed by atoms with Gasteiger partial charge in [0.15, 0.2) is 0 Å². The fourth-order valence-corrected chi connectivity index (χ4v) is 5.64. The maximum atomic E-state index is 13.4. The van der Waals surface area contributed by atoms with Crippen LogP contribution < -0.4 is 10.9 Å². The highest BCUT2D eigenvalue weighted by Crippen LogP contribution is 2.32. The Morgan fingerprint density at radius 3 is 2.65 bits per heavy atom. The van der Waals surface area contributed by atoms with Gasteiger partial charge in [0.1, 0.15) is 0 Å². The third kappa shape index (κ3) is 5.33. The normalized spacial score (nSPS) is 22.9. The van der Waals surface area contributed by atoms with Crippen molar-refractivity contribution in [1.82, 2.24) is 19.8 Å². The van der Waals surface area contributed by atoms with Gasteiger partial charge in [-0.15, -0.1) is 24.8 Å². The third-order valence-electron chi connectivity index (χ3n) is 7.14. The Labute approximate surface area is 197 Å². The minimum absolute atomic E-state index is 0. The standard InChI is InChI=1S/C24H32N4O.2ClH/c29-24-19(9-10-23-20-12-18(13-25-14-20)15-28(23)24)16-27(22-7-2-1-3-8-22)17-21-6-4-5-11-26-21;;/h4-6,9-11,18,20,22,25H,1-3,7-8,12-17H2;2*1H/t18-,20+;;/m0../s1. The maximum Gasteiger partial charge on any atom is 0.255 e. The second kappa shape index (κ2) is 11.0. The zero-order valence-corrected chi connectivity index (χ0v) is 19.7. The number of nitrogens with zero attached hydrogens (tertiary/aromatic N) is 3. The molecule has 1 saturated heterocycles. The van der Waals surface area contributed by atoms with E-state index in [1.54, 1.807) is 0 Å². The van der Waals surface area contributed by atoms with E-state index in [0.29, 0.717) is 17.9 Å². The van der Waals surface area contributed by atoms with Gasteiger partial charge in [0, 0.05) is 55.6 Å². The van der Waals surface area contributed by atoms with Crippen molar-refractivity contribution >= 4 is 24.8 Å². The number of piperidine rings is 1. The fourth-order valence-electron chi connectivity index (χ4n) is 5.64. The van der Waals surface area contributed by atoms with Crippen LogP contribution in [0.3, 0.4) is 0 Å². The Morgan fingerprint density at radius 1 is 1.03 bits per heavy atom. The lowest BCUT2D eigenvalue weighted by atomic mass is 9.84. The summed E-state index contributed by atoms with van der Waals surface area (Å²) in [5.74, 6) is 1.09. The first-order valence-corrected chi connectivity index (χ1v) is 11.4.